The average molecular weight is 298 g/mol. The van der Waals surface area contributed by atoms with Crippen LogP contribution in [0, 0.1) is 6.92 Å². The SMILES string of the molecule is Cc1cc(=O)n2ncnc2n1CC(O)CCc1ccccc1. The van der Waals surface area contributed by atoms with Crippen molar-refractivity contribution in [2.75, 3.05) is 0 Å². The van der Waals surface area contributed by atoms with E-state index in [4.69, 9.17) is 0 Å². The molecule has 114 valence electrons. The first-order chi connectivity index (χ1) is 10.6. The van der Waals surface area contributed by atoms with Crippen LogP contribution >= 0.6 is 0 Å². The van der Waals surface area contributed by atoms with E-state index in [9.17, 15) is 9.90 Å². The Kier molecular flexibility index (Phi) is 4.02. The maximum Gasteiger partial charge on any atom is 0.275 e. The molecule has 0 radical (unpaired) electrons. The molecule has 0 spiro atoms. The van der Waals surface area contributed by atoms with E-state index in [-0.39, 0.29) is 5.56 Å². The number of rotatable bonds is 5. The molecule has 3 aromatic rings. The highest BCUT2D eigenvalue weighted by molar-refractivity contribution is 5.29. The lowest BCUT2D eigenvalue weighted by molar-refractivity contribution is 0.144. The minimum atomic E-state index is -0.512. The third-order valence-corrected chi connectivity index (χ3v) is 3.74. The Morgan fingerprint density at radius 3 is 2.82 bits per heavy atom. The van der Waals surface area contributed by atoms with Gasteiger partial charge in [0.15, 0.2) is 0 Å². The second kappa shape index (κ2) is 6.11. The monoisotopic (exact) mass is 298 g/mol. The van der Waals surface area contributed by atoms with E-state index in [1.165, 1.54) is 22.5 Å². The van der Waals surface area contributed by atoms with E-state index in [2.05, 4.69) is 10.1 Å². The molecule has 2 aromatic heterocycles. The molecule has 0 bridgehead atoms. The second-order valence-corrected chi connectivity index (χ2v) is 5.38. The molecule has 22 heavy (non-hydrogen) atoms. The molecule has 6 heteroatoms. The van der Waals surface area contributed by atoms with Crippen LogP contribution in [0.1, 0.15) is 17.7 Å². The van der Waals surface area contributed by atoms with Crippen molar-refractivity contribution in [2.45, 2.75) is 32.4 Å². The Balaban J connectivity index is 1.75. The Hall–Kier alpha value is -2.47. The molecule has 3 rings (SSSR count). The fourth-order valence-corrected chi connectivity index (χ4v) is 2.56. The molecule has 0 amide bonds. The van der Waals surface area contributed by atoms with E-state index in [1.807, 2.05) is 41.8 Å². The zero-order chi connectivity index (χ0) is 15.5. The summed E-state index contributed by atoms with van der Waals surface area (Å²) in [6.45, 7) is 2.22. The number of aromatic nitrogens is 4. The third-order valence-electron chi connectivity index (χ3n) is 3.74. The first kappa shape index (κ1) is 14.5. The van der Waals surface area contributed by atoms with Gasteiger partial charge < -0.3 is 9.67 Å². The van der Waals surface area contributed by atoms with Crippen LogP contribution in [0.15, 0.2) is 47.5 Å². The van der Waals surface area contributed by atoms with Crippen molar-refractivity contribution in [2.24, 2.45) is 0 Å². The van der Waals surface area contributed by atoms with Gasteiger partial charge in [0.25, 0.3) is 5.56 Å². The molecule has 1 unspecified atom stereocenters. The largest absolute Gasteiger partial charge is 0.391 e. The van der Waals surface area contributed by atoms with E-state index in [0.717, 1.165) is 12.1 Å². The predicted octanol–water partition coefficient (Wildman–Crippen LogP) is 1.19. The Bertz CT molecular complexity index is 823. The molecule has 0 aliphatic heterocycles. The minimum Gasteiger partial charge on any atom is -0.391 e. The van der Waals surface area contributed by atoms with Gasteiger partial charge in [-0.25, -0.2) is 0 Å². The molecule has 1 aromatic carbocycles. The topological polar surface area (TPSA) is 72.4 Å². The fourth-order valence-electron chi connectivity index (χ4n) is 2.56. The minimum absolute atomic E-state index is 0.208. The lowest BCUT2D eigenvalue weighted by Gasteiger charge is -2.16. The normalized spacial score (nSPS) is 12.6. The van der Waals surface area contributed by atoms with E-state index >= 15 is 0 Å². The maximum absolute atomic E-state index is 11.8. The van der Waals surface area contributed by atoms with Gasteiger partial charge in [-0.2, -0.15) is 14.6 Å². The fraction of sp³-hybridized carbons (Fsp3) is 0.312. The molecule has 1 N–H and O–H groups in total. The van der Waals surface area contributed by atoms with Crippen molar-refractivity contribution < 1.29 is 5.11 Å². The van der Waals surface area contributed by atoms with Crippen LogP contribution in [0.25, 0.3) is 5.78 Å². The number of aliphatic hydroxyl groups excluding tert-OH is 1. The van der Waals surface area contributed by atoms with E-state index in [0.29, 0.717) is 18.7 Å². The Morgan fingerprint density at radius 2 is 2.05 bits per heavy atom. The highest BCUT2D eigenvalue weighted by atomic mass is 16.3. The van der Waals surface area contributed by atoms with E-state index < -0.39 is 6.10 Å². The molecule has 1 atom stereocenters. The molecule has 2 heterocycles. The predicted molar refractivity (Wildman–Crippen MR) is 82.8 cm³/mol. The number of nitrogens with zero attached hydrogens (tertiary/aromatic N) is 4. The van der Waals surface area contributed by atoms with Gasteiger partial charge in [-0.1, -0.05) is 30.3 Å². The zero-order valence-electron chi connectivity index (χ0n) is 12.4. The van der Waals surface area contributed by atoms with Crippen LogP contribution in [-0.4, -0.2) is 30.4 Å². The van der Waals surface area contributed by atoms with Gasteiger partial charge >= 0.3 is 0 Å². The van der Waals surface area contributed by atoms with Crippen LogP contribution in [0.3, 0.4) is 0 Å². The van der Waals surface area contributed by atoms with Crippen molar-refractivity contribution in [3.63, 3.8) is 0 Å². The van der Waals surface area contributed by atoms with Crippen molar-refractivity contribution >= 4 is 5.78 Å². The third kappa shape index (κ3) is 2.92. The van der Waals surface area contributed by atoms with Crippen LogP contribution in [0.2, 0.25) is 0 Å². The van der Waals surface area contributed by atoms with Crippen molar-refractivity contribution in [1.82, 2.24) is 19.2 Å². The highest BCUT2D eigenvalue weighted by Crippen LogP contribution is 2.09. The molecule has 6 nitrogen and oxygen atoms in total. The van der Waals surface area contributed by atoms with Crippen molar-refractivity contribution in [1.29, 1.82) is 0 Å². The Morgan fingerprint density at radius 1 is 1.27 bits per heavy atom. The molecular weight excluding hydrogens is 280 g/mol. The summed E-state index contributed by atoms with van der Waals surface area (Å²) < 4.78 is 3.07. The van der Waals surface area contributed by atoms with Gasteiger partial charge in [0.2, 0.25) is 5.78 Å². The summed E-state index contributed by atoms with van der Waals surface area (Å²) in [5, 5.41) is 14.2. The second-order valence-electron chi connectivity index (χ2n) is 5.38. The van der Waals surface area contributed by atoms with E-state index in [1.54, 1.807) is 0 Å². The number of aryl methyl sites for hydroxylation is 2. The highest BCUT2D eigenvalue weighted by Gasteiger charge is 2.12. The van der Waals surface area contributed by atoms with Crippen LogP contribution in [-0.2, 0) is 13.0 Å². The number of hydrogen-bond acceptors (Lipinski definition) is 4. The van der Waals surface area contributed by atoms with Gasteiger partial charge in [-0.15, -0.1) is 0 Å². The van der Waals surface area contributed by atoms with Crippen LogP contribution in [0.5, 0.6) is 0 Å². The maximum atomic E-state index is 11.8. The lowest BCUT2D eigenvalue weighted by atomic mass is 10.1. The number of hydrogen-bond donors (Lipinski definition) is 1. The van der Waals surface area contributed by atoms with Gasteiger partial charge in [0, 0.05) is 11.8 Å². The van der Waals surface area contributed by atoms with Crippen LogP contribution < -0.4 is 5.56 Å². The summed E-state index contributed by atoms with van der Waals surface area (Å²) in [5.41, 5.74) is 1.76. The van der Waals surface area contributed by atoms with Gasteiger partial charge in [-0.05, 0) is 25.3 Å². The summed E-state index contributed by atoms with van der Waals surface area (Å²) >= 11 is 0. The summed E-state index contributed by atoms with van der Waals surface area (Å²) in [7, 11) is 0. The van der Waals surface area contributed by atoms with Crippen molar-refractivity contribution in [3.05, 3.63) is 64.3 Å². The molecule has 0 fully saturated rings. The summed E-state index contributed by atoms with van der Waals surface area (Å²) in [4.78, 5) is 15.9. The summed E-state index contributed by atoms with van der Waals surface area (Å²) in [6, 6.07) is 11.6. The van der Waals surface area contributed by atoms with Gasteiger partial charge in [0.05, 0.1) is 12.6 Å². The molecule has 0 aliphatic carbocycles. The van der Waals surface area contributed by atoms with Crippen LogP contribution in [0.4, 0.5) is 0 Å². The van der Waals surface area contributed by atoms with Gasteiger partial charge in [0.1, 0.15) is 6.33 Å². The molecule has 0 saturated heterocycles. The molecule has 0 aliphatic rings. The van der Waals surface area contributed by atoms with Gasteiger partial charge in [-0.3, -0.25) is 4.79 Å². The first-order valence-corrected chi connectivity index (χ1v) is 7.27. The first-order valence-electron chi connectivity index (χ1n) is 7.27. The summed E-state index contributed by atoms with van der Waals surface area (Å²) in [5.74, 6) is 0.462. The average Bonchev–Trinajstić information content (AvgIpc) is 3.00. The smallest absolute Gasteiger partial charge is 0.275 e. The van der Waals surface area contributed by atoms with Crippen molar-refractivity contribution in [3.8, 4) is 0 Å². The molecule has 0 saturated carbocycles. The Labute approximate surface area is 127 Å². The lowest BCUT2D eigenvalue weighted by Crippen LogP contribution is -2.25. The number of benzene rings is 1. The quantitative estimate of drug-likeness (QED) is 0.768. The molecular formula is C16H18N4O2. The zero-order valence-corrected chi connectivity index (χ0v) is 12.4. The number of fused-ring (bicyclic) bond motifs is 1. The standard InChI is InChI=1S/C16H18N4O2/c1-12-9-15(22)20-16(17-11-18-20)19(12)10-14(21)8-7-13-5-3-2-4-6-13/h2-6,9,11,14,21H,7-8,10H2,1H3. The number of aliphatic hydroxyl groups is 1. The summed E-state index contributed by atoms with van der Waals surface area (Å²) in [6.07, 6.45) is 2.30.